The fraction of sp³-hybridized carbons (Fsp3) is 0.750. The Hall–Kier alpha value is -0.480. The average Bonchev–Trinajstić information content (AvgIpc) is 2.44. The van der Waals surface area contributed by atoms with Gasteiger partial charge in [0.05, 0.1) is 10.7 Å². The molecule has 1 rings (SSSR count). The molecule has 3 nitrogen and oxygen atoms in total. The van der Waals surface area contributed by atoms with E-state index >= 15 is 0 Å². The summed E-state index contributed by atoms with van der Waals surface area (Å²) in [6.07, 6.45) is 0. The third kappa shape index (κ3) is 3.52. The van der Waals surface area contributed by atoms with Crippen LogP contribution in [0.3, 0.4) is 0 Å². The van der Waals surface area contributed by atoms with E-state index in [0.29, 0.717) is 6.04 Å². The van der Waals surface area contributed by atoms with Gasteiger partial charge < -0.3 is 5.32 Å². The molecule has 16 heavy (non-hydrogen) atoms. The van der Waals surface area contributed by atoms with Gasteiger partial charge in [-0.2, -0.15) is 5.10 Å². The van der Waals surface area contributed by atoms with Gasteiger partial charge in [0.2, 0.25) is 0 Å². The SMILES string of the molecule is CNC(CSc1cc(C)nn1C)C(C)(C)C. The maximum atomic E-state index is 4.35. The van der Waals surface area contributed by atoms with Crippen LogP contribution in [0.4, 0.5) is 0 Å². The van der Waals surface area contributed by atoms with E-state index in [1.165, 1.54) is 5.03 Å². The Morgan fingerprint density at radius 3 is 2.50 bits per heavy atom. The van der Waals surface area contributed by atoms with Crippen molar-refractivity contribution in [2.45, 2.75) is 38.8 Å². The van der Waals surface area contributed by atoms with Crippen molar-refractivity contribution in [2.24, 2.45) is 12.5 Å². The lowest BCUT2D eigenvalue weighted by Gasteiger charge is -2.30. The molecule has 1 atom stereocenters. The van der Waals surface area contributed by atoms with Crippen LogP contribution in [0.2, 0.25) is 0 Å². The highest BCUT2D eigenvalue weighted by atomic mass is 32.2. The van der Waals surface area contributed by atoms with Crippen molar-refractivity contribution in [3.8, 4) is 0 Å². The second-order valence-electron chi connectivity index (χ2n) is 5.27. The Labute approximate surface area is 103 Å². The van der Waals surface area contributed by atoms with E-state index in [1.54, 1.807) is 0 Å². The fourth-order valence-electron chi connectivity index (χ4n) is 1.66. The van der Waals surface area contributed by atoms with Gasteiger partial charge >= 0.3 is 0 Å². The third-order valence-electron chi connectivity index (χ3n) is 2.75. The topological polar surface area (TPSA) is 29.9 Å². The van der Waals surface area contributed by atoms with Gasteiger partial charge in [0.25, 0.3) is 0 Å². The number of rotatable bonds is 4. The first-order valence-electron chi connectivity index (χ1n) is 5.65. The normalized spacial score (nSPS) is 14.1. The number of nitrogens with one attached hydrogen (secondary N) is 1. The van der Waals surface area contributed by atoms with Crippen LogP contribution in [0.5, 0.6) is 0 Å². The first-order valence-corrected chi connectivity index (χ1v) is 6.64. The molecule has 1 heterocycles. The van der Waals surface area contributed by atoms with Crippen LogP contribution in [0.1, 0.15) is 26.5 Å². The second-order valence-corrected chi connectivity index (χ2v) is 6.31. The molecule has 1 unspecified atom stereocenters. The highest BCUT2D eigenvalue weighted by Crippen LogP contribution is 2.26. The van der Waals surface area contributed by atoms with Crippen molar-refractivity contribution in [1.82, 2.24) is 15.1 Å². The summed E-state index contributed by atoms with van der Waals surface area (Å²) in [6.45, 7) is 8.83. The van der Waals surface area contributed by atoms with Gasteiger partial charge in [-0.05, 0) is 25.5 Å². The van der Waals surface area contributed by atoms with Crippen molar-refractivity contribution in [1.29, 1.82) is 0 Å². The molecule has 0 saturated carbocycles. The number of nitrogens with zero attached hydrogens (tertiary/aromatic N) is 2. The quantitative estimate of drug-likeness (QED) is 0.821. The number of thioether (sulfide) groups is 1. The predicted molar refractivity (Wildman–Crippen MR) is 71.0 cm³/mol. The van der Waals surface area contributed by atoms with Gasteiger partial charge in [0, 0.05) is 18.8 Å². The van der Waals surface area contributed by atoms with Crippen LogP contribution in [0, 0.1) is 12.3 Å². The van der Waals surface area contributed by atoms with E-state index in [9.17, 15) is 0 Å². The average molecular weight is 241 g/mol. The van der Waals surface area contributed by atoms with E-state index in [-0.39, 0.29) is 5.41 Å². The molecule has 0 radical (unpaired) electrons. The molecular weight excluding hydrogens is 218 g/mol. The summed E-state index contributed by atoms with van der Waals surface area (Å²) >= 11 is 1.87. The minimum atomic E-state index is 0.287. The fourth-order valence-corrected chi connectivity index (χ4v) is 3.14. The van der Waals surface area contributed by atoms with E-state index in [1.807, 2.05) is 37.5 Å². The highest BCUT2D eigenvalue weighted by molar-refractivity contribution is 7.99. The van der Waals surface area contributed by atoms with Crippen molar-refractivity contribution < 1.29 is 0 Å². The van der Waals surface area contributed by atoms with Crippen LogP contribution >= 0.6 is 11.8 Å². The van der Waals surface area contributed by atoms with Gasteiger partial charge in [-0.1, -0.05) is 20.8 Å². The third-order valence-corrected chi connectivity index (χ3v) is 3.93. The predicted octanol–water partition coefficient (Wildman–Crippen LogP) is 2.45. The Kier molecular flexibility index (Phi) is 4.44. The lowest BCUT2D eigenvalue weighted by molar-refractivity contribution is 0.305. The van der Waals surface area contributed by atoms with Crippen molar-refractivity contribution in [3.63, 3.8) is 0 Å². The molecule has 92 valence electrons. The van der Waals surface area contributed by atoms with Gasteiger partial charge in [-0.25, -0.2) is 0 Å². The molecule has 0 fully saturated rings. The van der Waals surface area contributed by atoms with Gasteiger partial charge in [-0.15, -0.1) is 11.8 Å². The zero-order chi connectivity index (χ0) is 12.3. The Morgan fingerprint density at radius 1 is 1.50 bits per heavy atom. The monoisotopic (exact) mass is 241 g/mol. The summed E-state index contributed by atoms with van der Waals surface area (Å²) in [6, 6.07) is 2.65. The Bertz CT molecular complexity index is 339. The van der Waals surface area contributed by atoms with Crippen LogP contribution in [-0.4, -0.2) is 28.6 Å². The number of aryl methyl sites for hydroxylation is 2. The van der Waals surface area contributed by atoms with Crippen molar-refractivity contribution in [2.75, 3.05) is 12.8 Å². The van der Waals surface area contributed by atoms with Gasteiger partial charge in [0.15, 0.2) is 0 Å². The molecule has 1 aromatic heterocycles. The highest BCUT2D eigenvalue weighted by Gasteiger charge is 2.23. The van der Waals surface area contributed by atoms with Crippen molar-refractivity contribution >= 4 is 11.8 Å². The molecule has 1 aromatic rings. The molecule has 0 spiro atoms. The zero-order valence-electron chi connectivity index (χ0n) is 11.2. The smallest absolute Gasteiger partial charge is 0.0939 e. The summed E-state index contributed by atoms with van der Waals surface area (Å²) in [5.41, 5.74) is 1.37. The Balaban J connectivity index is 2.60. The second kappa shape index (κ2) is 5.23. The summed E-state index contributed by atoms with van der Waals surface area (Å²) in [4.78, 5) is 0. The minimum absolute atomic E-state index is 0.287. The maximum Gasteiger partial charge on any atom is 0.0939 e. The molecular formula is C12H23N3S. The molecule has 0 aliphatic heterocycles. The summed E-state index contributed by atoms with van der Waals surface area (Å²) in [7, 11) is 4.03. The number of hydrogen-bond acceptors (Lipinski definition) is 3. The molecule has 0 amide bonds. The standard InChI is InChI=1S/C12H23N3S/c1-9-7-11(15(6)14-9)16-8-10(13-5)12(2,3)4/h7,10,13H,8H2,1-6H3. The molecule has 0 aliphatic carbocycles. The van der Waals surface area contributed by atoms with E-state index in [4.69, 9.17) is 0 Å². The summed E-state index contributed by atoms with van der Waals surface area (Å²) in [5, 5.41) is 8.98. The largest absolute Gasteiger partial charge is 0.316 e. The van der Waals surface area contributed by atoms with Crippen molar-refractivity contribution in [3.05, 3.63) is 11.8 Å². The lowest BCUT2D eigenvalue weighted by atomic mass is 9.88. The van der Waals surface area contributed by atoms with Crippen LogP contribution in [0.25, 0.3) is 0 Å². The van der Waals surface area contributed by atoms with Gasteiger partial charge in [0.1, 0.15) is 0 Å². The van der Waals surface area contributed by atoms with E-state index < -0.39 is 0 Å². The molecule has 0 aromatic carbocycles. The molecule has 1 N–H and O–H groups in total. The molecule has 0 bridgehead atoms. The lowest BCUT2D eigenvalue weighted by Crippen LogP contribution is -2.40. The van der Waals surface area contributed by atoms with E-state index in [2.05, 4.69) is 37.3 Å². The van der Waals surface area contributed by atoms with Crippen LogP contribution in [-0.2, 0) is 7.05 Å². The molecule has 0 aliphatic rings. The maximum absolute atomic E-state index is 4.35. The van der Waals surface area contributed by atoms with Crippen LogP contribution in [0.15, 0.2) is 11.1 Å². The Morgan fingerprint density at radius 2 is 2.12 bits per heavy atom. The molecule has 0 saturated heterocycles. The number of aromatic nitrogens is 2. The first-order chi connectivity index (χ1) is 7.34. The molecule has 4 heteroatoms. The van der Waals surface area contributed by atoms with Gasteiger partial charge in [-0.3, -0.25) is 4.68 Å². The van der Waals surface area contributed by atoms with E-state index in [0.717, 1.165) is 11.4 Å². The number of hydrogen-bond donors (Lipinski definition) is 1. The van der Waals surface area contributed by atoms with Crippen LogP contribution < -0.4 is 5.32 Å². The minimum Gasteiger partial charge on any atom is -0.316 e. The summed E-state index contributed by atoms with van der Waals surface area (Å²) < 4.78 is 1.95. The zero-order valence-corrected chi connectivity index (χ0v) is 12.0. The first kappa shape index (κ1) is 13.6. The summed E-state index contributed by atoms with van der Waals surface area (Å²) in [5.74, 6) is 1.07.